The summed E-state index contributed by atoms with van der Waals surface area (Å²) in [6, 6.07) is 15.9. The lowest BCUT2D eigenvalue weighted by molar-refractivity contribution is 0.265. The van der Waals surface area contributed by atoms with Gasteiger partial charge < -0.3 is 19.8 Å². The highest BCUT2D eigenvalue weighted by molar-refractivity contribution is 6.31. The van der Waals surface area contributed by atoms with Gasteiger partial charge in [-0.15, -0.1) is 0 Å². The molecule has 0 bridgehead atoms. The molecule has 4 rings (SSSR count). The minimum Gasteiger partial charge on any atom is -0.490 e. The SMILES string of the molecule is CCOc1cc(CNCc2nc3ccccc3[nH]2)c(Cl)cc1OCc1c(F)cccc1Cl. The minimum atomic E-state index is -0.423. The Morgan fingerprint density at radius 3 is 2.56 bits per heavy atom. The van der Waals surface area contributed by atoms with E-state index in [1.165, 1.54) is 6.07 Å². The fourth-order valence-corrected chi connectivity index (χ4v) is 3.76. The normalized spacial score (nSPS) is 11.1. The van der Waals surface area contributed by atoms with Gasteiger partial charge in [-0.05, 0) is 42.8 Å². The van der Waals surface area contributed by atoms with Gasteiger partial charge >= 0.3 is 0 Å². The second-order valence-corrected chi connectivity index (χ2v) is 7.93. The summed E-state index contributed by atoms with van der Waals surface area (Å²) in [5.41, 5.74) is 3.06. The number of hydrogen-bond donors (Lipinski definition) is 2. The zero-order chi connectivity index (χ0) is 22.5. The fourth-order valence-electron chi connectivity index (χ4n) is 3.32. The summed E-state index contributed by atoms with van der Waals surface area (Å²) in [7, 11) is 0. The van der Waals surface area contributed by atoms with E-state index in [1.807, 2.05) is 37.3 Å². The molecule has 0 unspecified atom stereocenters. The molecule has 0 radical (unpaired) electrons. The van der Waals surface area contributed by atoms with E-state index in [9.17, 15) is 4.39 Å². The molecule has 0 spiro atoms. The van der Waals surface area contributed by atoms with Gasteiger partial charge in [-0.25, -0.2) is 9.37 Å². The van der Waals surface area contributed by atoms with Crippen LogP contribution in [0.2, 0.25) is 10.0 Å². The number of para-hydroxylation sites is 2. The van der Waals surface area contributed by atoms with Crippen LogP contribution in [-0.2, 0) is 19.7 Å². The van der Waals surface area contributed by atoms with E-state index in [1.54, 1.807) is 18.2 Å². The van der Waals surface area contributed by atoms with E-state index < -0.39 is 5.82 Å². The zero-order valence-electron chi connectivity index (χ0n) is 17.4. The number of imidazole rings is 1. The second kappa shape index (κ2) is 10.2. The third-order valence-electron chi connectivity index (χ3n) is 4.89. The molecule has 1 aromatic heterocycles. The number of nitrogens with zero attached hydrogens (tertiary/aromatic N) is 1. The third kappa shape index (κ3) is 5.15. The molecule has 3 aromatic carbocycles. The van der Waals surface area contributed by atoms with Crippen LogP contribution in [0, 0.1) is 5.82 Å². The number of rotatable bonds is 9. The van der Waals surface area contributed by atoms with Crippen molar-refractivity contribution in [2.75, 3.05) is 6.61 Å². The Morgan fingerprint density at radius 1 is 0.969 bits per heavy atom. The van der Waals surface area contributed by atoms with Gasteiger partial charge in [-0.3, -0.25) is 0 Å². The van der Waals surface area contributed by atoms with E-state index in [2.05, 4.69) is 15.3 Å². The highest BCUT2D eigenvalue weighted by Crippen LogP contribution is 2.35. The van der Waals surface area contributed by atoms with Gasteiger partial charge in [0.2, 0.25) is 0 Å². The number of H-pyrrole nitrogens is 1. The maximum absolute atomic E-state index is 14.1. The monoisotopic (exact) mass is 473 g/mol. The average molecular weight is 474 g/mol. The molecule has 1 heterocycles. The first-order valence-electron chi connectivity index (χ1n) is 10.2. The lowest BCUT2D eigenvalue weighted by atomic mass is 10.2. The minimum absolute atomic E-state index is 0.0362. The van der Waals surface area contributed by atoms with Crippen molar-refractivity contribution < 1.29 is 13.9 Å². The first kappa shape index (κ1) is 22.4. The Labute approximate surface area is 195 Å². The summed E-state index contributed by atoms with van der Waals surface area (Å²) in [5, 5.41) is 4.16. The van der Waals surface area contributed by atoms with Crippen molar-refractivity contribution in [1.29, 1.82) is 0 Å². The molecule has 0 aliphatic rings. The molecule has 0 saturated heterocycles. The average Bonchev–Trinajstić information content (AvgIpc) is 3.19. The molecule has 4 aromatic rings. The van der Waals surface area contributed by atoms with Crippen molar-refractivity contribution >= 4 is 34.2 Å². The smallest absolute Gasteiger partial charge is 0.163 e. The molecule has 2 N–H and O–H groups in total. The molecular weight excluding hydrogens is 452 g/mol. The number of benzene rings is 3. The lowest BCUT2D eigenvalue weighted by Crippen LogP contribution is -2.14. The highest BCUT2D eigenvalue weighted by atomic mass is 35.5. The topological polar surface area (TPSA) is 59.2 Å². The number of nitrogens with one attached hydrogen (secondary N) is 2. The van der Waals surface area contributed by atoms with Gasteiger partial charge in [0, 0.05) is 23.2 Å². The predicted octanol–water partition coefficient (Wildman–Crippen LogP) is 6.28. The van der Waals surface area contributed by atoms with Crippen molar-refractivity contribution in [2.45, 2.75) is 26.6 Å². The van der Waals surface area contributed by atoms with Gasteiger partial charge in [0.25, 0.3) is 0 Å². The molecule has 32 heavy (non-hydrogen) atoms. The van der Waals surface area contributed by atoms with Crippen LogP contribution in [0.25, 0.3) is 11.0 Å². The Balaban J connectivity index is 1.45. The number of hydrogen-bond acceptors (Lipinski definition) is 4. The van der Waals surface area contributed by atoms with Crippen LogP contribution in [0.15, 0.2) is 54.6 Å². The second-order valence-electron chi connectivity index (χ2n) is 7.12. The van der Waals surface area contributed by atoms with E-state index >= 15 is 0 Å². The number of halogens is 3. The molecule has 0 fully saturated rings. The van der Waals surface area contributed by atoms with Crippen molar-refractivity contribution in [2.24, 2.45) is 0 Å². The van der Waals surface area contributed by atoms with Crippen LogP contribution in [0.3, 0.4) is 0 Å². The molecule has 5 nitrogen and oxygen atoms in total. The summed E-state index contributed by atoms with van der Waals surface area (Å²) < 4.78 is 25.6. The van der Waals surface area contributed by atoms with Gasteiger partial charge in [-0.1, -0.05) is 41.4 Å². The maximum Gasteiger partial charge on any atom is 0.163 e. The van der Waals surface area contributed by atoms with Gasteiger partial charge in [0.1, 0.15) is 18.2 Å². The highest BCUT2D eigenvalue weighted by Gasteiger charge is 2.14. The number of fused-ring (bicyclic) bond motifs is 1. The van der Waals surface area contributed by atoms with Crippen LogP contribution in [-0.4, -0.2) is 16.6 Å². The summed E-state index contributed by atoms with van der Waals surface area (Å²) in [5.74, 6) is 1.38. The predicted molar refractivity (Wildman–Crippen MR) is 125 cm³/mol. The van der Waals surface area contributed by atoms with Crippen LogP contribution in [0.1, 0.15) is 23.9 Å². The largest absolute Gasteiger partial charge is 0.490 e. The Morgan fingerprint density at radius 2 is 1.78 bits per heavy atom. The van der Waals surface area contributed by atoms with Crippen LogP contribution >= 0.6 is 23.2 Å². The standard InChI is InChI=1S/C24H22Cl2FN3O2/c1-2-31-22-10-15(12-28-13-24-29-20-8-3-4-9-21(20)30-24)18(26)11-23(22)32-14-16-17(25)6-5-7-19(16)27/h3-11,28H,2,12-14H2,1H3,(H,29,30). The number of aromatic nitrogens is 2. The van der Waals surface area contributed by atoms with Gasteiger partial charge in [0.15, 0.2) is 11.5 Å². The molecule has 0 aliphatic heterocycles. The van der Waals surface area contributed by atoms with E-state index in [-0.39, 0.29) is 12.2 Å². The van der Waals surface area contributed by atoms with E-state index in [0.717, 1.165) is 22.4 Å². The van der Waals surface area contributed by atoms with Crippen molar-refractivity contribution in [3.05, 3.63) is 87.4 Å². The summed E-state index contributed by atoms with van der Waals surface area (Å²) >= 11 is 12.6. The molecular formula is C24H22Cl2FN3O2. The van der Waals surface area contributed by atoms with Crippen LogP contribution < -0.4 is 14.8 Å². The van der Waals surface area contributed by atoms with Gasteiger partial charge in [-0.2, -0.15) is 0 Å². The first-order valence-corrected chi connectivity index (χ1v) is 11.0. The molecule has 166 valence electrons. The molecule has 8 heteroatoms. The lowest BCUT2D eigenvalue weighted by Gasteiger charge is -2.16. The summed E-state index contributed by atoms with van der Waals surface area (Å²) in [6.07, 6.45) is 0. The zero-order valence-corrected chi connectivity index (χ0v) is 18.9. The first-order chi connectivity index (χ1) is 15.5. The van der Waals surface area contributed by atoms with Crippen molar-refractivity contribution in [3.63, 3.8) is 0 Å². The van der Waals surface area contributed by atoms with Crippen molar-refractivity contribution in [1.82, 2.24) is 15.3 Å². The Hall–Kier alpha value is -2.80. The summed E-state index contributed by atoms with van der Waals surface area (Å²) in [4.78, 5) is 7.84. The number of ether oxygens (including phenoxy) is 2. The maximum atomic E-state index is 14.1. The molecule has 0 aliphatic carbocycles. The van der Waals surface area contributed by atoms with Crippen molar-refractivity contribution in [3.8, 4) is 11.5 Å². The quantitative estimate of drug-likeness (QED) is 0.300. The Kier molecular flexibility index (Phi) is 7.15. The van der Waals surface area contributed by atoms with E-state index in [4.69, 9.17) is 32.7 Å². The molecule has 0 amide bonds. The molecule has 0 atom stereocenters. The Bertz CT molecular complexity index is 1180. The van der Waals surface area contributed by atoms with Gasteiger partial charge in [0.05, 0.1) is 29.2 Å². The molecule has 0 saturated carbocycles. The van der Waals surface area contributed by atoms with Crippen LogP contribution in [0.4, 0.5) is 4.39 Å². The van der Waals surface area contributed by atoms with Crippen LogP contribution in [0.5, 0.6) is 11.5 Å². The van der Waals surface area contributed by atoms with E-state index in [0.29, 0.717) is 41.2 Å². The number of aromatic amines is 1. The fraction of sp³-hybridized carbons (Fsp3) is 0.208. The third-order valence-corrected chi connectivity index (χ3v) is 5.60. The summed E-state index contributed by atoms with van der Waals surface area (Å²) in [6.45, 7) is 3.36.